The average molecular weight is 841 g/mol. The molecule has 0 spiro atoms. The van der Waals surface area contributed by atoms with Gasteiger partial charge in [0.2, 0.25) is 5.91 Å². The second kappa shape index (κ2) is 27.2. The van der Waals surface area contributed by atoms with Crippen molar-refractivity contribution in [2.24, 2.45) is 17.6 Å². The van der Waals surface area contributed by atoms with Crippen LogP contribution in [0.25, 0.3) is 0 Å². The van der Waals surface area contributed by atoms with E-state index in [4.69, 9.17) is 10.8 Å². The minimum absolute atomic E-state index is 0. The Morgan fingerprint density at radius 3 is 1.55 bits per heavy atom. The highest BCUT2D eigenvalue weighted by Gasteiger charge is 2.27. The molecule has 2 saturated carbocycles. The molecule has 2 aliphatic carbocycles. The summed E-state index contributed by atoms with van der Waals surface area (Å²) in [6, 6.07) is 9.09. The van der Waals surface area contributed by atoms with Gasteiger partial charge >= 0.3 is 32.4 Å². The van der Waals surface area contributed by atoms with Crippen LogP contribution in [0.3, 0.4) is 0 Å². The van der Waals surface area contributed by atoms with Crippen molar-refractivity contribution in [3.05, 3.63) is 59.7 Å². The molecule has 0 heterocycles. The SMILES string of the molecule is Cl.N[C@@H](COC(F)F)c1cccc(OC(F)F)c1.O=C(CC(O)C1CCCC1)N[C@@H](COC(F)F)c1cccc(OC(F)F)c1.O=C(O)CC(O)C1CCCC1. The van der Waals surface area contributed by atoms with Crippen molar-refractivity contribution in [3.63, 3.8) is 0 Å². The standard InChI is InChI=1S/C18H23F4NO4.C10H11F4NO2.C8H14O3.ClH/c19-17(20)26-10-14(12-6-3-7-13(8-12)27-18(21)22)23-16(25)9-15(24)11-4-1-2-5-11;11-9(12)16-5-8(15)6-2-1-3-7(4-6)17-10(13)14;9-7(5-8(10)11)6-3-1-2-4-6;/h3,6-8,11,14-15,17-18,24H,1-2,4-5,9-10H2,(H,23,25);1-4,8-10H,5,15H2;6-7,9H,1-5H2,(H,10,11);1H/t14-,15?;8-;;/m00../s1. The van der Waals surface area contributed by atoms with Crippen LogP contribution in [-0.2, 0) is 19.1 Å². The summed E-state index contributed by atoms with van der Waals surface area (Å²) in [5.74, 6) is -1.38. The van der Waals surface area contributed by atoms with E-state index in [-0.39, 0.29) is 54.1 Å². The van der Waals surface area contributed by atoms with Gasteiger partial charge in [-0.2, -0.15) is 35.1 Å². The average Bonchev–Trinajstić information content (AvgIpc) is 3.85. The summed E-state index contributed by atoms with van der Waals surface area (Å²) >= 11 is 0. The van der Waals surface area contributed by atoms with E-state index in [1.165, 1.54) is 48.5 Å². The van der Waals surface area contributed by atoms with Gasteiger partial charge < -0.3 is 45.3 Å². The number of halogens is 9. The Labute approximate surface area is 325 Å². The monoisotopic (exact) mass is 840 g/mol. The number of carboxylic acid groups (broad SMARTS) is 1. The highest BCUT2D eigenvalue weighted by atomic mass is 35.5. The molecule has 2 fully saturated rings. The lowest BCUT2D eigenvalue weighted by atomic mass is 9.97. The van der Waals surface area contributed by atoms with Crippen molar-refractivity contribution in [1.82, 2.24) is 5.32 Å². The number of amides is 1. The summed E-state index contributed by atoms with van der Waals surface area (Å²) in [5.41, 5.74) is 6.20. The molecule has 2 aromatic rings. The second-order valence-corrected chi connectivity index (χ2v) is 12.8. The molecule has 4 atom stereocenters. The first-order valence-corrected chi connectivity index (χ1v) is 17.6. The maximum Gasteiger partial charge on any atom is 0.387 e. The molecule has 2 aliphatic rings. The van der Waals surface area contributed by atoms with E-state index in [0.717, 1.165) is 51.4 Å². The normalized spacial score (nSPS) is 16.6. The number of nitrogens with one attached hydrogen (secondary N) is 1. The first kappa shape index (κ1) is 50.5. The Balaban J connectivity index is 0.000000461. The fourth-order valence-electron chi connectivity index (χ4n) is 6.13. The number of aliphatic hydroxyl groups excluding tert-OH is 2. The van der Waals surface area contributed by atoms with Crippen LogP contribution >= 0.6 is 12.4 Å². The molecule has 6 N–H and O–H groups in total. The molecule has 4 rings (SSSR count). The molecule has 2 aromatic carbocycles. The fourth-order valence-corrected chi connectivity index (χ4v) is 6.13. The van der Waals surface area contributed by atoms with Crippen molar-refractivity contribution < 1.29 is 79.0 Å². The number of hydrogen-bond donors (Lipinski definition) is 5. The van der Waals surface area contributed by atoms with Crippen molar-refractivity contribution >= 4 is 24.3 Å². The van der Waals surface area contributed by atoms with Crippen molar-refractivity contribution in [3.8, 4) is 11.5 Å². The van der Waals surface area contributed by atoms with Crippen LogP contribution in [0.2, 0.25) is 0 Å². The zero-order valence-corrected chi connectivity index (χ0v) is 31.0. The van der Waals surface area contributed by atoms with Gasteiger partial charge in [0.05, 0.1) is 50.3 Å². The quantitative estimate of drug-likeness (QED) is 0.0889. The Morgan fingerprint density at radius 1 is 0.679 bits per heavy atom. The van der Waals surface area contributed by atoms with Crippen LogP contribution < -0.4 is 20.5 Å². The van der Waals surface area contributed by atoms with E-state index >= 15 is 0 Å². The Kier molecular flexibility index (Phi) is 24.5. The lowest BCUT2D eigenvalue weighted by Gasteiger charge is -2.22. The lowest BCUT2D eigenvalue weighted by Crippen LogP contribution is -2.35. The Bertz CT molecular complexity index is 1390. The van der Waals surface area contributed by atoms with Gasteiger partial charge in [-0.3, -0.25) is 9.59 Å². The number of aliphatic hydroxyl groups is 2. The third-order valence-corrected chi connectivity index (χ3v) is 8.79. The van der Waals surface area contributed by atoms with Gasteiger partial charge in [-0.25, -0.2) is 0 Å². The predicted molar refractivity (Wildman–Crippen MR) is 188 cm³/mol. The zero-order chi connectivity index (χ0) is 40.9. The number of carbonyl (C=O) groups is 2. The number of carboxylic acids is 1. The van der Waals surface area contributed by atoms with Gasteiger partial charge in [0.15, 0.2) is 0 Å². The molecular formula is C36H49ClF8N2O9. The number of carbonyl (C=O) groups excluding carboxylic acids is 1. The van der Waals surface area contributed by atoms with E-state index in [2.05, 4.69) is 24.3 Å². The van der Waals surface area contributed by atoms with Crippen LogP contribution in [0.1, 0.15) is 87.4 Å². The molecule has 0 saturated heterocycles. The number of aliphatic carboxylic acids is 1. The molecule has 0 bridgehead atoms. The third kappa shape index (κ3) is 21.2. The maximum atomic E-state index is 12.4. The van der Waals surface area contributed by atoms with Crippen LogP contribution in [0.15, 0.2) is 48.5 Å². The molecule has 0 aromatic heterocycles. The van der Waals surface area contributed by atoms with Crippen LogP contribution in [0.5, 0.6) is 11.5 Å². The zero-order valence-electron chi connectivity index (χ0n) is 30.2. The van der Waals surface area contributed by atoms with E-state index in [1.807, 2.05) is 0 Å². The molecule has 2 unspecified atom stereocenters. The summed E-state index contributed by atoms with van der Waals surface area (Å²) in [7, 11) is 0. The molecular weight excluding hydrogens is 792 g/mol. The number of alkyl halides is 8. The highest BCUT2D eigenvalue weighted by Crippen LogP contribution is 2.30. The first-order valence-electron chi connectivity index (χ1n) is 17.6. The maximum absolute atomic E-state index is 12.4. The molecule has 0 radical (unpaired) electrons. The van der Waals surface area contributed by atoms with Gasteiger partial charge in [-0.15, -0.1) is 12.4 Å². The van der Waals surface area contributed by atoms with Gasteiger partial charge in [-0.05, 0) is 72.9 Å². The summed E-state index contributed by atoms with van der Waals surface area (Å²) < 4.78 is 114. The van der Waals surface area contributed by atoms with Crippen LogP contribution in [0.4, 0.5) is 35.1 Å². The summed E-state index contributed by atoms with van der Waals surface area (Å²) in [5, 5.41) is 30.4. The van der Waals surface area contributed by atoms with Gasteiger partial charge in [0, 0.05) is 0 Å². The largest absolute Gasteiger partial charge is 0.481 e. The molecule has 1 amide bonds. The lowest BCUT2D eigenvalue weighted by molar-refractivity contribution is -0.140. The van der Waals surface area contributed by atoms with E-state index in [1.54, 1.807) is 0 Å². The van der Waals surface area contributed by atoms with Gasteiger partial charge in [-0.1, -0.05) is 49.9 Å². The number of rotatable bonds is 19. The minimum Gasteiger partial charge on any atom is -0.481 e. The van der Waals surface area contributed by atoms with Crippen molar-refractivity contribution in [2.75, 3.05) is 13.2 Å². The second-order valence-electron chi connectivity index (χ2n) is 12.8. The first-order chi connectivity index (χ1) is 26.0. The summed E-state index contributed by atoms with van der Waals surface area (Å²) in [6.07, 6.45) is 6.29. The molecule has 56 heavy (non-hydrogen) atoms. The smallest absolute Gasteiger partial charge is 0.387 e. The molecule has 11 nitrogen and oxygen atoms in total. The number of hydrogen-bond acceptors (Lipinski definition) is 9. The van der Waals surface area contributed by atoms with Crippen molar-refractivity contribution in [2.45, 2.75) is 115 Å². The van der Waals surface area contributed by atoms with Crippen molar-refractivity contribution in [1.29, 1.82) is 0 Å². The summed E-state index contributed by atoms with van der Waals surface area (Å²) in [4.78, 5) is 22.4. The highest BCUT2D eigenvalue weighted by molar-refractivity contribution is 5.85. The molecule has 20 heteroatoms. The Morgan fingerprint density at radius 2 is 1.11 bits per heavy atom. The molecule has 0 aliphatic heterocycles. The predicted octanol–water partition coefficient (Wildman–Crippen LogP) is 7.59. The summed E-state index contributed by atoms with van der Waals surface area (Å²) in [6.45, 7) is -12.9. The molecule has 320 valence electrons. The van der Waals surface area contributed by atoms with Crippen LogP contribution in [-0.4, -0.2) is 79.1 Å². The number of nitrogens with two attached hydrogens (primary N) is 1. The van der Waals surface area contributed by atoms with E-state index < -0.39 is 75.8 Å². The fraction of sp³-hybridized carbons (Fsp3) is 0.611. The topological polar surface area (TPSA) is 170 Å². The minimum atomic E-state index is -3.05. The van der Waals surface area contributed by atoms with Gasteiger partial charge in [0.1, 0.15) is 11.5 Å². The van der Waals surface area contributed by atoms with E-state index in [0.29, 0.717) is 5.56 Å². The van der Waals surface area contributed by atoms with Gasteiger partial charge in [0.25, 0.3) is 0 Å². The van der Waals surface area contributed by atoms with E-state index in [9.17, 15) is 54.9 Å². The Hall–Kier alpha value is -3.49. The third-order valence-electron chi connectivity index (χ3n) is 8.79. The van der Waals surface area contributed by atoms with Crippen LogP contribution in [0, 0.1) is 11.8 Å². The number of benzene rings is 2. The number of ether oxygens (including phenoxy) is 4.